The fourth-order valence-corrected chi connectivity index (χ4v) is 1.73. The second kappa shape index (κ2) is 7.53. The van der Waals surface area contributed by atoms with Crippen LogP contribution in [0.4, 0.5) is 0 Å². The predicted molar refractivity (Wildman–Crippen MR) is 68.2 cm³/mol. The summed E-state index contributed by atoms with van der Waals surface area (Å²) in [6.45, 7) is 5.74. The van der Waals surface area contributed by atoms with Crippen LogP contribution in [0.3, 0.4) is 0 Å². The van der Waals surface area contributed by atoms with Crippen LogP contribution in [0.15, 0.2) is 18.2 Å². The van der Waals surface area contributed by atoms with Crippen molar-refractivity contribution < 1.29 is 9.53 Å². The van der Waals surface area contributed by atoms with Crippen molar-refractivity contribution in [2.45, 2.75) is 26.7 Å². The van der Waals surface area contributed by atoms with Crippen molar-refractivity contribution in [1.29, 1.82) is 0 Å². The smallest absolute Gasteiger partial charge is 0.312 e. The quantitative estimate of drug-likeness (QED) is 0.744. The average molecular weight is 263 g/mol. The summed E-state index contributed by atoms with van der Waals surface area (Å²) < 4.78 is 4.62. The zero-order chi connectivity index (χ0) is 12.7. The molecule has 0 aliphatic carbocycles. The number of benzene rings is 1. The third-order valence-corrected chi connectivity index (χ3v) is 2.55. The molecular weight excluding hydrogens is 247 g/mol. The van der Waals surface area contributed by atoms with E-state index in [0.717, 1.165) is 5.56 Å². The van der Waals surface area contributed by atoms with Gasteiger partial charge in [0.15, 0.2) is 0 Å². The Kier molecular flexibility index (Phi) is 7.18. The van der Waals surface area contributed by atoms with Crippen LogP contribution in [0.5, 0.6) is 0 Å². The number of methoxy groups -OCH3 is 1. The lowest BCUT2D eigenvalue weighted by Crippen LogP contribution is -2.11. The second-order valence-corrected chi connectivity index (χ2v) is 3.75. The molecule has 0 aliphatic heterocycles. The Bertz CT molecular complexity index is 351. The minimum absolute atomic E-state index is 0.311. The fraction of sp³-hybridized carbons (Fsp3) is 0.417. The molecule has 0 saturated carbocycles. The zero-order valence-electron chi connectivity index (χ0n) is 9.88. The van der Waals surface area contributed by atoms with Crippen molar-refractivity contribution in [3.05, 3.63) is 33.8 Å². The highest BCUT2D eigenvalue weighted by Gasteiger charge is 2.18. The first kappa shape index (κ1) is 15.3. The average Bonchev–Trinajstić information content (AvgIpc) is 2.30. The lowest BCUT2D eigenvalue weighted by molar-refractivity contribution is -0.141. The van der Waals surface area contributed by atoms with E-state index in [1.54, 1.807) is 25.1 Å². The number of hydrogen-bond acceptors (Lipinski definition) is 2. The third-order valence-electron chi connectivity index (χ3n) is 1.98. The molecule has 2 nitrogen and oxygen atoms in total. The zero-order valence-corrected chi connectivity index (χ0v) is 11.4. The van der Waals surface area contributed by atoms with E-state index in [1.165, 1.54) is 7.11 Å². The highest BCUT2D eigenvalue weighted by molar-refractivity contribution is 6.35. The van der Waals surface area contributed by atoms with E-state index >= 15 is 0 Å². The Hall–Kier alpha value is -0.730. The second-order valence-electron chi connectivity index (χ2n) is 2.91. The number of esters is 1. The van der Waals surface area contributed by atoms with Gasteiger partial charge in [-0.05, 0) is 24.6 Å². The maximum absolute atomic E-state index is 11.2. The van der Waals surface area contributed by atoms with E-state index in [-0.39, 0.29) is 11.9 Å². The summed E-state index contributed by atoms with van der Waals surface area (Å²) in [5.74, 6) is -0.681. The van der Waals surface area contributed by atoms with Gasteiger partial charge in [-0.15, -0.1) is 0 Å². The van der Waals surface area contributed by atoms with E-state index in [2.05, 4.69) is 4.74 Å². The molecule has 0 bridgehead atoms. The monoisotopic (exact) mass is 262 g/mol. The first-order valence-corrected chi connectivity index (χ1v) is 5.84. The van der Waals surface area contributed by atoms with Gasteiger partial charge in [-0.3, -0.25) is 4.79 Å². The Morgan fingerprint density at radius 1 is 1.31 bits per heavy atom. The summed E-state index contributed by atoms with van der Waals surface area (Å²) in [6, 6.07) is 5.03. The van der Waals surface area contributed by atoms with Gasteiger partial charge in [0.1, 0.15) is 0 Å². The van der Waals surface area contributed by atoms with Gasteiger partial charge >= 0.3 is 5.97 Å². The molecule has 0 heterocycles. The van der Waals surface area contributed by atoms with Crippen LogP contribution in [0.25, 0.3) is 0 Å². The van der Waals surface area contributed by atoms with Crippen LogP contribution in [0, 0.1) is 0 Å². The van der Waals surface area contributed by atoms with Crippen LogP contribution in [0.1, 0.15) is 32.3 Å². The third kappa shape index (κ3) is 4.03. The Morgan fingerprint density at radius 3 is 2.31 bits per heavy atom. The fourth-order valence-electron chi connectivity index (χ4n) is 1.16. The molecule has 0 radical (unpaired) electrons. The SMILES string of the molecule is CC.COC(=O)C(C)c1ccc(Cl)cc1Cl. The molecule has 0 saturated heterocycles. The highest BCUT2D eigenvalue weighted by atomic mass is 35.5. The van der Waals surface area contributed by atoms with Gasteiger partial charge in [-0.2, -0.15) is 0 Å². The molecule has 0 amide bonds. The van der Waals surface area contributed by atoms with E-state index in [4.69, 9.17) is 23.2 Å². The number of hydrogen-bond donors (Lipinski definition) is 0. The molecule has 0 spiro atoms. The molecule has 0 fully saturated rings. The minimum Gasteiger partial charge on any atom is -0.469 e. The van der Waals surface area contributed by atoms with Crippen LogP contribution in [0.2, 0.25) is 10.0 Å². The molecule has 1 atom stereocenters. The van der Waals surface area contributed by atoms with Crippen LogP contribution in [-0.4, -0.2) is 13.1 Å². The molecule has 4 heteroatoms. The molecule has 1 aromatic rings. The summed E-state index contributed by atoms with van der Waals surface area (Å²) in [4.78, 5) is 11.2. The molecule has 16 heavy (non-hydrogen) atoms. The molecule has 0 aliphatic rings. The first-order chi connectivity index (χ1) is 7.56. The van der Waals surface area contributed by atoms with Crippen molar-refractivity contribution in [1.82, 2.24) is 0 Å². The van der Waals surface area contributed by atoms with Gasteiger partial charge in [0.05, 0.1) is 13.0 Å². The van der Waals surface area contributed by atoms with Gasteiger partial charge in [-0.25, -0.2) is 0 Å². The Labute approximate surface area is 107 Å². The summed E-state index contributed by atoms with van der Waals surface area (Å²) in [7, 11) is 1.35. The molecular formula is C12H16Cl2O2. The molecule has 90 valence electrons. The van der Waals surface area contributed by atoms with Crippen LogP contribution in [-0.2, 0) is 9.53 Å². The maximum Gasteiger partial charge on any atom is 0.312 e. The number of ether oxygens (including phenoxy) is 1. The lowest BCUT2D eigenvalue weighted by atomic mass is 10.0. The van der Waals surface area contributed by atoms with Crippen molar-refractivity contribution >= 4 is 29.2 Å². The Balaban J connectivity index is 0.00000106. The van der Waals surface area contributed by atoms with E-state index in [1.807, 2.05) is 13.8 Å². The molecule has 1 aromatic carbocycles. The maximum atomic E-state index is 11.2. The van der Waals surface area contributed by atoms with Crippen molar-refractivity contribution in [2.24, 2.45) is 0 Å². The van der Waals surface area contributed by atoms with Gasteiger partial charge in [-0.1, -0.05) is 43.1 Å². The number of halogens is 2. The summed E-state index contributed by atoms with van der Waals surface area (Å²) in [5.41, 5.74) is 0.725. The van der Waals surface area contributed by atoms with E-state index in [9.17, 15) is 4.79 Å². The topological polar surface area (TPSA) is 26.3 Å². The largest absolute Gasteiger partial charge is 0.469 e. The van der Waals surface area contributed by atoms with Crippen LogP contribution >= 0.6 is 23.2 Å². The van der Waals surface area contributed by atoms with E-state index < -0.39 is 0 Å². The summed E-state index contributed by atoms with van der Waals surface area (Å²) >= 11 is 11.7. The van der Waals surface area contributed by atoms with Gasteiger partial charge in [0.25, 0.3) is 0 Å². The van der Waals surface area contributed by atoms with Gasteiger partial charge in [0, 0.05) is 10.0 Å². The molecule has 1 unspecified atom stereocenters. The van der Waals surface area contributed by atoms with Gasteiger partial charge in [0.2, 0.25) is 0 Å². The van der Waals surface area contributed by atoms with Crippen molar-refractivity contribution in [3.8, 4) is 0 Å². The summed E-state index contributed by atoms with van der Waals surface area (Å²) in [5, 5.41) is 1.03. The first-order valence-electron chi connectivity index (χ1n) is 5.09. The normalized spacial score (nSPS) is 11.1. The van der Waals surface area contributed by atoms with Crippen molar-refractivity contribution in [2.75, 3.05) is 7.11 Å². The lowest BCUT2D eigenvalue weighted by Gasteiger charge is -2.11. The molecule has 1 rings (SSSR count). The highest BCUT2D eigenvalue weighted by Crippen LogP contribution is 2.27. The van der Waals surface area contributed by atoms with Crippen LogP contribution < -0.4 is 0 Å². The van der Waals surface area contributed by atoms with E-state index in [0.29, 0.717) is 10.0 Å². The number of rotatable bonds is 2. The number of carbonyl (C=O) groups excluding carboxylic acids is 1. The standard InChI is InChI=1S/C10H10Cl2O2.C2H6/c1-6(10(13)14-2)8-4-3-7(11)5-9(8)12;1-2/h3-6H,1-2H3;1-2H3. The number of carbonyl (C=O) groups is 1. The van der Waals surface area contributed by atoms with Gasteiger partial charge < -0.3 is 4.74 Å². The minimum atomic E-state index is -0.371. The predicted octanol–water partition coefficient (Wildman–Crippen LogP) is 4.30. The Morgan fingerprint density at radius 2 is 1.88 bits per heavy atom. The molecule has 0 aromatic heterocycles. The summed E-state index contributed by atoms with van der Waals surface area (Å²) in [6.07, 6.45) is 0. The molecule has 0 N–H and O–H groups in total. The van der Waals surface area contributed by atoms with Crippen molar-refractivity contribution in [3.63, 3.8) is 0 Å².